The van der Waals surface area contributed by atoms with Gasteiger partial charge in [0.05, 0.1) is 0 Å². The van der Waals surface area contributed by atoms with Gasteiger partial charge in [-0.25, -0.2) is 0 Å². The van der Waals surface area contributed by atoms with Gasteiger partial charge in [0, 0.05) is 35.8 Å². The van der Waals surface area contributed by atoms with E-state index in [0.29, 0.717) is 24.2 Å². The second-order valence-electron chi connectivity index (χ2n) is 9.54. The molecule has 0 bridgehead atoms. The minimum Gasteiger partial charge on any atom is -0.366 e. The van der Waals surface area contributed by atoms with Crippen LogP contribution in [-0.4, -0.2) is 41.8 Å². The zero-order valence-corrected chi connectivity index (χ0v) is 19.1. The second-order valence-corrected chi connectivity index (χ2v) is 9.54. The average molecular weight is 456 g/mol. The van der Waals surface area contributed by atoms with Crippen molar-refractivity contribution in [2.24, 2.45) is 11.1 Å². The molecule has 6 heteroatoms. The third kappa shape index (κ3) is 4.04. The zero-order chi connectivity index (χ0) is 23.7. The molecule has 1 aliphatic heterocycles. The molecule has 3 N–H and O–H groups in total. The largest absolute Gasteiger partial charge is 0.366 e. The number of hydrogen-bond acceptors (Lipinski definition) is 3. The van der Waals surface area contributed by atoms with Crippen LogP contribution >= 0.6 is 0 Å². The summed E-state index contributed by atoms with van der Waals surface area (Å²) < 4.78 is 0. The lowest BCUT2D eigenvalue weighted by Crippen LogP contribution is -2.51. The zero-order valence-electron chi connectivity index (χ0n) is 19.1. The number of nitrogens with two attached hydrogens (primary N) is 1. The van der Waals surface area contributed by atoms with Crippen LogP contribution in [0.4, 0.5) is 0 Å². The third-order valence-corrected chi connectivity index (χ3v) is 7.69. The van der Waals surface area contributed by atoms with Crippen molar-refractivity contribution >= 4 is 28.5 Å². The summed E-state index contributed by atoms with van der Waals surface area (Å²) in [5.41, 5.74) is 6.90. The number of amides is 3. The monoisotopic (exact) mass is 455 g/mol. The lowest BCUT2D eigenvalue weighted by Gasteiger charge is -2.43. The molecule has 0 aromatic heterocycles. The van der Waals surface area contributed by atoms with Gasteiger partial charge in [-0.3, -0.25) is 14.4 Å². The van der Waals surface area contributed by atoms with Crippen molar-refractivity contribution in [1.82, 2.24) is 10.2 Å². The minimum atomic E-state index is -0.546. The Bertz CT molecular complexity index is 1260. The van der Waals surface area contributed by atoms with E-state index in [-0.39, 0.29) is 23.3 Å². The fraction of sp³-hybridized carbons (Fsp3) is 0.321. The Balaban J connectivity index is 1.28. The molecule has 6 nitrogen and oxygen atoms in total. The van der Waals surface area contributed by atoms with E-state index in [9.17, 15) is 14.4 Å². The molecule has 1 atom stereocenters. The first kappa shape index (κ1) is 22.1. The van der Waals surface area contributed by atoms with Crippen LogP contribution in [0.3, 0.4) is 0 Å². The summed E-state index contributed by atoms with van der Waals surface area (Å²) in [7, 11) is 0. The topological polar surface area (TPSA) is 92.5 Å². The molecule has 3 aromatic rings. The number of benzene rings is 3. The fourth-order valence-corrected chi connectivity index (χ4v) is 5.76. The molecular weight excluding hydrogens is 426 g/mol. The van der Waals surface area contributed by atoms with Crippen molar-refractivity contribution in [1.29, 1.82) is 0 Å². The normalized spacial score (nSPS) is 19.3. The number of fused-ring (bicyclic) bond motifs is 1. The number of primary amides is 1. The molecule has 0 radical (unpaired) electrons. The van der Waals surface area contributed by atoms with Gasteiger partial charge in [0.2, 0.25) is 5.91 Å². The molecule has 3 amide bonds. The van der Waals surface area contributed by atoms with Crippen LogP contribution in [0.5, 0.6) is 0 Å². The minimum absolute atomic E-state index is 0.00644. The van der Waals surface area contributed by atoms with E-state index in [4.69, 9.17) is 5.73 Å². The highest BCUT2D eigenvalue weighted by molar-refractivity contribution is 6.07. The molecular formula is C28H29N3O3. The number of nitrogens with zero attached hydrogens (tertiary/aromatic N) is 1. The van der Waals surface area contributed by atoms with Crippen molar-refractivity contribution in [2.75, 3.05) is 13.1 Å². The fourth-order valence-electron chi connectivity index (χ4n) is 5.76. The second kappa shape index (κ2) is 8.93. The quantitative estimate of drug-likeness (QED) is 0.619. The predicted octanol–water partition coefficient (Wildman–Crippen LogP) is 4.14. The van der Waals surface area contributed by atoms with E-state index in [1.54, 1.807) is 24.3 Å². The van der Waals surface area contributed by atoms with E-state index < -0.39 is 5.91 Å². The summed E-state index contributed by atoms with van der Waals surface area (Å²) in [6.07, 6.45) is 4.78. The summed E-state index contributed by atoms with van der Waals surface area (Å²) in [5.74, 6) is -0.646. The lowest BCUT2D eigenvalue weighted by atomic mass is 9.74. The summed E-state index contributed by atoms with van der Waals surface area (Å²) in [5, 5.41) is 5.28. The maximum absolute atomic E-state index is 13.4. The standard InChI is InChI=1S/C28H29N3O3/c29-25(32)20-8-3-9-21(18-20)26(33)30-24-12-5-13-28(24)14-16-31(17-15-28)27(34)23-11-4-7-19-6-1-2-10-22(19)23/h1-4,6-11,18,24H,5,12-17H2,(H2,29,32)(H,30,33). The summed E-state index contributed by atoms with van der Waals surface area (Å²) in [6, 6.07) is 20.5. The van der Waals surface area contributed by atoms with E-state index in [1.165, 1.54) is 0 Å². The molecule has 5 rings (SSSR count). The first-order chi connectivity index (χ1) is 16.5. The highest BCUT2D eigenvalue weighted by atomic mass is 16.2. The van der Waals surface area contributed by atoms with Crippen molar-refractivity contribution in [3.8, 4) is 0 Å². The number of piperidine rings is 1. The Morgan fingerprint density at radius 3 is 2.38 bits per heavy atom. The number of hydrogen-bond donors (Lipinski definition) is 2. The van der Waals surface area contributed by atoms with E-state index in [1.807, 2.05) is 47.4 Å². The van der Waals surface area contributed by atoms with Gasteiger partial charge in [-0.05, 0) is 66.1 Å². The number of rotatable bonds is 4. The molecule has 1 saturated carbocycles. The van der Waals surface area contributed by atoms with Crippen LogP contribution < -0.4 is 11.1 Å². The van der Waals surface area contributed by atoms with E-state index >= 15 is 0 Å². The van der Waals surface area contributed by atoms with Gasteiger partial charge in [0.25, 0.3) is 11.8 Å². The van der Waals surface area contributed by atoms with Crippen LogP contribution in [0.2, 0.25) is 0 Å². The highest BCUT2D eigenvalue weighted by Gasteiger charge is 2.46. The molecule has 1 heterocycles. The average Bonchev–Trinajstić information content (AvgIpc) is 3.24. The molecule has 3 aromatic carbocycles. The van der Waals surface area contributed by atoms with Gasteiger partial charge in [-0.15, -0.1) is 0 Å². The summed E-state index contributed by atoms with van der Waals surface area (Å²) >= 11 is 0. The Kier molecular flexibility index (Phi) is 5.82. The third-order valence-electron chi connectivity index (χ3n) is 7.69. The van der Waals surface area contributed by atoms with Crippen molar-refractivity contribution < 1.29 is 14.4 Å². The van der Waals surface area contributed by atoms with E-state index in [2.05, 4.69) is 5.32 Å². The first-order valence-corrected chi connectivity index (χ1v) is 11.9. The summed E-state index contributed by atoms with van der Waals surface area (Å²) in [4.78, 5) is 39.8. The molecule has 1 saturated heterocycles. The van der Waals surface area contributed by atoms with Crippen LogP contribution in [0.25, 0.3) is 10.8 Å². The number of carbonyl (C=O) groups excluding carboxylic acids is 3. The van der Waals surface area contributed by atoms with Gasteiger partial charge in [-0.1, -0.05) is 48.9 Å². The van der Waals surface area contributed by atoms with Crippen LogP contribution in [-0.2, 0) is 0 Å². The van der Waals surface area contributed by atoms with Crippen molar-refractivity contribution in [3.63, 3.8) is 0 Å². The maximum atomic E-state index is 13.4. The summed E-state index contributed by atoms with van der Waals surface area (Å²) in [6.45, 7) is 1.37. The van der Waals surface area contributed by atoms with Gasteiger partial charge in [-0.2, -0.15) is 0 Å². The van der Waals surface area contributed by atoms with Crippen LogP contribution in [0, 0.1) is 5.41 Å². The van der Waals surface area contributed by atoms with Crippen molar-refractivity contribution in [3.05, 3.63) is 83.4 Å². The van der Waals surface area contributed by atoms with Gasteiger partial charge < -0.3 is 16.0 Å². The number of nitrogens with one attached hydrogen (secondary N) is 1. The number of carbonyl (C=O) groups is 3. The van der Waals surface area contributed by atoms with Crippen molar-refractivity contribution in [2.45, 2.75) is 38.1 Å². The highest BCUT2D eigenvalue weighted by Crippen LogP contribution is 2.46. The molecule has 174 valence electrons. The van der Waals surface area contributed by atoms with Gasteiger partial charge >= 0.3 is 0 Å². The maximum Gasteiger partial charge on any atom is 0.254 e. The van der Waals surface area contributed by atoms with Crippen LogP contribution in [0.1, 0.15) is 63.2 Å². The molecule has 2 aliphatic rings. The molecule has 34 heavy (non-hydrogen) atoms. The Hall–Kier alpha value is -3.67. The molecule has 1 spiro atoms. The van der Waals surface area contributed by atoms with Gasteiger partial charge in [0.1, 0.15) is 0 Å². The lowest BCUT2D eigenvalue weighted by molar-refractivity contribution is 0.0510. The number of likely N-dealkylation sites (tertiary alicyclic amines) is 1. The smallest absolute Gasteiger partial charge is 0.254 e. The SMILES string of the molecule is NC(=O)c1cccc(C(=O)NC2CCCC23CCN(C(=O)c2cccc4ccccc24)CC3)c1. The Labute approximate surface area is 199 Å². The van der Waals surface area contributed by atoms with Gasteiger partial charge in [0.15, 0.2) is 0 Å². The predicted molar refractivity (Wildman–Crippen MR) is 132 cm³/mol. The van der Waals surface area contributed by atoms with E-state index in [0.717, 1.165) is 48.4 Å². The molecule has 1 unspecified atom stereocenters. The van der Waals surface area contributed by atoms with Crippen LogP contribution in [0.15, 0.2) is 66.7 Å². The molecule has 2 fully saturated rings. The molecule has 1 aliphatic carbocycles. The first-order valence-electron chi connectivity index (χ1n) is 11.9. The Morgan fingerprint density at radius 2 is 1.59 bits per heavy atom. The Morgan fingerprint density at radius 1 is 0.882 bits per heavy atom.